The van der Waals surface area contributed by atoms with Crippen molar-refractivity contribution in [1.82, 2.24) is 4.31 Å². The van der Waals surface area contributed by atoms with Crippen LogP contribution in [0.25, 0.3) is 0 Å². The topological polar surface area (TPSA) is 77.4 Å². The molecule has 0 saturated carbocycles. The summed E-state index contributed by atoms with van der Waals surface area (Å²) in [6, 6.07) is 15.6. The fourth-order valence-corrected chi connectivity index (χ4v) is 4.69. The van der Waals surface area contributed by atoms with Gasteiger partial charge in [0.1, 0.15) is 18.9 Å². The Morgan fingerprint density at radius 2 is 1.69 bits per heavy atom. The van der Waals surface area contributed by atoms with Crippen molar-refractivity contribution in [2.75, 3.05) is 45.9 Å². The Morgan fingerprint density at radius 3 is 2.31 bits per heavy atom. The number of rotatable bonds is 8. The normalized spacial score (nSPS) is 15.8. The monoisotopic (exact) mass is 419 g/mol. The van der Waals surface area contributed by atoms with Crippen molar-refractivity contribution < 1.29 is 27.6 Å². The zero-order valence-corrected chi connectivity index (χ0v) is 17.4. The lowest BCUT2D eigenvalue weighted by atomic mass is 10.2. The Labute approximate surface area is 171 Å². The van der Waals surface area contributed by atoms with E-state index < -0.39 is 16.0 Å². The number of quaternary nitrogens is 1. The lowest BCUT2D eigenvalue weighted by Gasteiger charge is -2.31. The molecule has 0 aromatic heterocycles. The Hall–Kier alpha value is -2.42. The lowest BCUT2D eigenvalue weighted by molar-refractivity contribution is -0.903. The summed E-state index contributed by atoms with van der Waals surface area (Å²) >= 11 is 0. The lowest BCUT2D eigenvalue weighted by Crippen LogP contribution is -3.15. The maximum absolute atomic E-state index is 12.9. The van der Waals surface area contributed by atoms with Gasteiger partial charge in [0.25, 0.3) is 0 Å². The molecule has 7 nitrogen and oxygen atoms in total. The van der Waals surface area contributed by atoms with Crippen molar-refractivity contribution in [1.29, 1.82) is 0 Å². The molecule has 0 atom stereocenters. The van der Waals surface area contributed by atoms with E-state index in [2.05, 4.69) is 0 Å². The molecule has 0 unspecified atom stereocenters. The minimum Gasteiger partial charge on any atom is -0.488 e. The van der Waals surface area contributed by atoms with E-state index in [0.717, 1.165) is 25.4 Å². The van der Waals surface area contributed by atoms with Crippen LogP contribution in [0.2, 0.25) is 0 Å². The predicted molar refractivity (Wildman–Crippen MR) is 109 cm³/mol. The zero-order valence-electron chi connectivity index (χ0n) is 16.5. The molecular weight excluding hydrogens is 392 g/mol. The molecule has 1 fully saturated rings. The van der Waals surface area contributed by atoms with Crippen LogP contribution in [0.5, 0.6) is 5.75 Å². The minimum atomic E-state index is -3.57. The van der Waals surface area contributed by atoms with Crippen molar-refractivity contribution in [3.05, 3.63) is 60.2 Å². The van der Waals surface area contributed by atoms with Gasteiger partial charge in [0, 0.05) is 0 Å². The van der Waals surface area contributed by atoms with E-state index in [1.807, 2.05) is 30.3 Å². The van der Waals surface area contributed by atoms with Crippen LogP contribution in [0, 0.1) is 0 Å². The van der Waals surface area contributed by atoms with Gasteiger partial charge in [-0.2, -0.15) is 4.31 Å². The van der Waals surface area contributed by atoms with Gasteiger partial charge in [-0.1, -0.05) is 18.2 Å². The highest BCUT2D eigenvalue weighted by atomic mass is 32.2. The first-order valence-corrected chi connectivity index (χ1v) is 11.2. The van der Waals surface area contributed by atoms with Gasteiger partial charge >= 0.3 is 5.97 Å². The van der Waals surface area contributed by atoms with Gasteiger partial charge < -0.3 is 14.4 Å². The van der Waals surface area contributed by atoms with Crippen molar-refractivity contribution in [2.24, 2.45) is 0 Å². The summed E-state index contributed by atoms with van der Waals surface area (Å²) in [6.07, 6.45) is 0. The maximum atomic E-state index is 12.9. The molecule has 0 aliphatic carbocycles. The first-order valence-electron chi connectivity index (χ1n) is 9.79. The Bertz CT molecular complexity index is 892. The number of carbonyl (C=O) groups is 1. The quantitative estimate of drug-likeness (QED) is 0.642. The number of hydrogen-bond acceptors (Lipinski definition) is 5. The number of nitrogens with zero attached hydrogens (tertiary/aromatic N) is 1. The number of nitrogens with one attached hydrogen (secondary N) is 1. The maximum Gasteiger partial charge on any atom is 0.338 e. The number of para-hydroxylation sites is 1. The summed E-state index contributed by atoms with van der Waals surface area (Å²) in [7, 11) is -3.57. The van der Waals surface area contributed by atoms with Crippen LogP contribution in [0.4, 0.5) is 0 Å². The molecule has 2 aromatic carbocycles. The molecule has 1 heterocycles. The molecule has 0 amide bonds. The minimum absolute atomic E-state index is 0.196. The average molecular weight is 420 g/mol. The molecule has 3 rings (SSSR count). The molecule has 156 valence electrons. The van der Waals surface area contributed by atoms with E-state index in [1.165, 1.54) is 33.5 Å². The molecule has 1 saturated heterocycles. The molecule has 1 aliphatic rings. The van der Waals surface area contributed by atoms with Gasteiger partial charge in [0.15, 0.2) is 0 Å². The fourth-order valence-electron chi connectivity index (χ4n) is 3.25. The van der Waals surface area contributed by atoms with E-state index in [9.17, 15) is 13.2 Å². The molecule has 0 spiro atoms. The van der Waals surface area contributed by atoms with E-state index >= 15 is 0 Å². The third-order valence-electron chi connectivity index (χ3n) is 4.90. The van der Waals surface area contributed by atoms with E-state index in [-0.39, 0.29) is 11.5 Å². The smallest absolute Gasteiger partial charge is 0.338 e. The summed E-state index contributed by atoms with van der Waals surface area (Å²) in [5, 5.41) is 0. The molecule has 1 aliphatic heterocycles. The van der Waals surface area contributed by atoms with Crippen molar-refractivity contribution in [3.8, 4) is 5.75 Å². The van der Waals surface area contributed by atoms with Crippen molar-refractivity contribution in [3.63, 3.8) is 0 Å². The van der Waals surface area contributed by atoms with Crippen LogP contribution in [0.3, 0.4) is 0 Å². The summed E-state index contributed by atoms with van der Waals surface area (Å²) in [5.41, 5.74) is 0.346. The van der Waals surface area contributed by atoms with Gasteiger partial charge in [-0.05, 0) is 43.3 Å². The highest BCUT2D eigenvalue weighted by Crippen LogP contribution is 2.17. The fraction of sp³-hybridized carbons (Fsp3) is 0.381. The Kier molecular flexibility index (Phi) is 7.24. The standard InChI is InChI=1S/C21H26N2O5S/c1-2-27-21(24)18-8-10-20(11-9-18)29(25,26)23-14-12-22(13-15-23)16-17-28-19-6-4-3-5-7-19/h3-11H,2,12-17H2,1H3/p+1. The van der Waals surface area contributed by atoms with Gasteiger partial charge in [0.2, 0.25) is 10.0 Å². The summed E-state index contributed by atoms with van der Waals surface area (Å²) < 4.78 is 37.9. The van der Waals surface area contributed by atoms with Gasteiger partial charge in [-0.15, -0.1) is 0 Å². The number of carbonyl (C=O) groups excluding carboxylic acids is 1. The second-order valence-corrected chi connectivity index (χ2v) is 8.75. The number of sulfonamides is 1. The van der Waals surface area contributed by atoms with E-state index in [1.54, 1.807) is 6.92 Å². The van der Waals surface area contributed by atoms with Crippen LogP contribution in [-0.4, -0.2) is 64.6 Å². The van der Waals surface area contributed by atoms with Crippen LogP contribution >= 0.6 is 0 Å². The summed E-state index contributed by atoms with van der Waals surface area (Å²) in [5.74, 6) is 0.394. The second kappa shape index (κ2) is 9.87. The third-order valence-corrected chi connectivity index (χ3v) is 6.81. The number of benzene rings is 2. The average Bonchev–Trinajstić information content (AvgIpc) is 2.75. The highest BCUT2D eigenvalue weighted by molar-refractivity contribution is 7.89. The van der Waals surface area contributed by atoms with Gasteiger partial charge in [0.05, 0.1) is 43.2 Å². The molecule has 0 radical (unpaired) electrons. The first kappa shape index (κ1) is 21.3. The molecule has 1 N–H and O–H groups in total. The third kappa shape index (κ3) is 5.56. The van der Waals surface area contributed by atoms with E-state index in [4.69, 9.17) is 9.47 Å². The molecule has 29 heavy (non-hydrogen) atoms. The van der Waals surface area contributed by atoms with Crippen molar-refractivity contribution >= 4 is 16.0 Å². The first-order chi connectivity index (χ1) is 14.0. The summed E-state index contributed by atoms with van der Waals surface area (Å²) in [6.45, 7) is 5.83. The number of piperazine rings is 1. The molecule has 2 aromatic rings. The van der Waals surface area contributed by atoms with Crippen molar-refractivity contribution in [2.45, 2.75) is 11.8 Å². The molecule has 8 heteroatoms. The van der Waals surface area contributed by atoms with Crippen LogP contribution in [0.1, 0.15) is 17.3 Å². The van der Waals surface area contributed by atoms with Crippen LogP contribution < -0.4 is 9.64 Å². The number of esters is 1. The predicted octanol–water partition coefficient (Wildman–Crippen LogP) is 0.832. The Balaban J connectivity index is 1.50. The zero-order chi connectivity index (χ0) is 20.7. The van der Waals surface area contributed by atoms with Gasteiger partial charge in [-0.25, -0.2) is 13.2 Å². The largest absolute Gasteiger partial charge is 0.488 e. The number of ether oxygens (including phenoxy) is 2. The van der Waals surface area contributed by atoms with E-state index in [0.29, 0.717) is 25.3 Å². The molecular formula is C21H27N2O5S+. The summed E-state index contributed by atoms with van der Waals surface area (Å²) in [4.78, 5) is 13.2. The van der Waals surface area contributed by atoms with Gasteiger partial charge in [-0.3, -0.25) is 0 Å². The molecule has 0 bridgehead atoms. The number of hydrogen-bond donors (Lipinski definition) is 1. The second-order valence-electron chi connectivity index (χ2n) is 6.81. The van der Waals surface area contributed by atoms with Crippen LogP contribution in [-0.2, 0) is 14.8 Å². The SMILES string of the molecule is CCOC(=O)c1ccc(S(=O)(=O)N2CC[NH+](CCOc3ccccc3)CC2)cc1. The highest BCUT2D eigenvalue weighted by Gasteiger charge is 2.30. The Morgan fingerprint density at radius 1 is 1.03 bits per heavy atom. The van der Waals surface area contributed by atoms with Crippen LogP contribution in [0.15, 0.2) is 59.5 Å².